The van der Waals surface area contributed by atoms with Gasteiger partial charge in [-0.15, -0.1) is 0 Å². The summed E-state index contributed by atoms with van der Waals surface area (Å²) >= 11 is 0. The van der Waals surface area contributed by atoms with Crippen LogP contribution in [0.2, 0.25) is 0 Å². The Morgan fingerprint density at radius 1 is 1.35 bits per heavy atom. The second-order valence-electron chi connectivity index (χ2n) is 4.46. The van der Waals surface area contributed by atoms with Crippen molar-refractivity contribution in [2.24, 2.45) is 0 Å². The first-order chi connectivity index (χ1) is 9.62. The van der Waals surface area contributed by atoms with Gasteiger partial charge >= 0.3 is 0 Å². The number of benzene rings is 1. The van der Waals surface area contributed by atoms with Gasteiger partial charge in [0.15, 0.2) is 0 Å². The lowest BCUT2D eigenvalue weighted by molar-refractivity contribution is -0.122. The van der Waals surface area contributed by atoms with Gasteiger partial charge in [-0.25, -0.2) is 0 Å². The fraction of sp³-hybridized carbons (Fsp3) is 0.286. The lowest BCUT2D eigenvalue weighted by Gasteiger charge is -2.12. The van der Waals surface area contributed by atoms with E-state index in [0.29, 0.717) is 0 Å². The Morgan fingerprint density at radius 2 is 2.05 bits per heavy atom. The number of carbonyl (C=O) groups is 1. The predicted molar refractivity (Wildman–Crippen MR) is 76.0 cm³/mol. The number of hydrogen-bond donors (Lipinski definition) is 3. The van der Waals surface area contributed by atoms with Crippen molar-refractivity contribution in [3.05, 3.63) is 41.6 Å². The molecule has 2 aromatic rings. The molecule has 0 saturated heterocycles. The van der Waals surface area contributed by atoms with Crippen molar-refractivity contribution in [3.8, 4) is 11.3 Å². The Balaban J connectivity index is 0.000000612. The minimum Gasteiger partial charge on any atom is -0.483 e. The molecule has 0 aliphatic rings. The maximum absolute atomic E-state index is 9.43. The van der Waals surface area contributed by atoms with Gasteiger partial charge in [-0.3, -0.25) is 9.89 Å². The molecule has 6 heteroatoms. The Labute approximate surface area is 117 Å². The van der Waals surface area contributed by atoms with Gasteiger partial charge in [0.2, 0.25) is 0 Å². The van der Waals surface area contributed by atoms with Crippen LogP contribution in [0.1, 0.15) is 11.1 Å². The number of aliphatic hydroxyl groups excluding tert-OH is 1. The van der Waals surface area contributed by atoms with E-state index in [1.165, 1.54) is 5.56 Å². The highest BCUT2D eigenvalue weighted by Gasteiger charge is 2.07. The zero-order valence-electron chi connectivity index (χ0n) is 11.6. The third kappa shape index (κ3) is 4.49. The largest absolute Gasteiger partial charge is 0.483 e. The Morgan fingerprint density at radius 3 is 2.55 bits per heavy atom. The standard InChI is InChI=1S/C13H17N3O.CH2O2/c1-16(2)8-10-3-4-12(11(7-10)9-17)13-5-6-14-15-13;2-1-3/h3-7,17H,8-9H2,1-2H3,(H,14,15);1H,(H,2,3). The molecule has 1 aromatic heterocycles. The fourth-order valence-electron chi connectivity index (χ4n) is 1.91. The lowest BCUT2D eigenvalue weighted by Crippen LogP contribution is -2.11. The first kappa shape index (κ1) is 15.9. The normalized spacial score (nSPS) is 10.0. The van der Waals surface area contributed by atoms with E-state index in [1.54, 1.807) is 6.20 Å². The van der Waals surface area contributed by atoms with Crippen LogP contribution < -0.4 is 0 Å². The van der Waals surface area contributed by atoms with Gasteiger partial charge in [0.05, 0.1) is 12.3 Å². The van der Waals surface area contributed by atoms with Gasteiger partial charge in [-0.2, -0.15) is 5.10 Å². The van der Waals surface area contributed by atoms with E-state index in [-0.39, 0.29) is 13.1 Å². The number of carboxylic acid groups (broad SMARTS) is 1. The molecule has 0 bridgehead atoms. The van der Waals surface area contributed by atoms with Crippen LogP contribution in [0.15, 0.2) is 30.5 Å². The van der Waals surface area contributed by atoms with Crippen LogP contribution in [0, 0.1) is 0 Å². The van der Waals surface area contributed by atoms with E-state index in [4.69, 9.17) is 9.90 Å². The van der Waals surface area contributed by atoms with Gasteiger partial charge < -0.3 is 15.1 Å². The van der Waals surface area contributed by atoms with Crippen LogP contribution in [-0.2, 0) is 17.9 Å². The molecule has 0 atom stereocenters. The van der Waals surface area contributed by atoms with Gasteiger partial charge in [0.1, 0.15) is 0 Å². The van der Waals surface area contributed by atoms with Crippen molar-refractivity contribution in [3.63, 3.8) is 0 Å². The van der Waals surface area contributed by atoms with Gasteiger partial charge in [0.25, 0.3) is 6.47 Å². The van der Waals surface area contributed by atoms with Crippen molar-refractivity contribution in [1.82, 2.24) is 15.1 Å². The van der Waals surface area contributed by atoms with Gasteiger partial charge in [-0.1, -0.05) is 18.2 Å². The number of H-pyrrole nitrogens is 1. The molecule has 20 heavy (non-hydrogen) atoms. The number of nitrogens with one attached hydrogen (secondary N) is 1. The monoisotopic (exact) mass is 277 g/mol. The quantitative estimate of drug-likeness (QED) is 0.734. The van der Waals surface area contributed by atoms with Crippen LogP contribution in [-0.4, -0.2) is 45.9 Å². The first-order valence-electron chi connectivity index (χ1n) is 6.07. The molecule has 2 rings (SSSR count). The molecule has 0 fully saturated rings. The summed E-state index contributed by atoms with van der Waals surface area (Å²) in [6.07, 6.45) is 1.71. The summed E-state index contributed by atoms with van der Waals surface area (Å²) in [6, 6.07) is 8.05. The van der Waals surface area contributed by atoms with Crippen LogP contribution >= 0.6 is 0 Å². The van der Waals surface area contributed by atoms with E-state index < -0.39 is 0 Å². The Bertz CT molecular complexity index is 524. The summed E-state index contributed by atoms with van der Waals surface area (Å²) < 4.78 is 0. The SMILES string of the molecule is CN(C)Cc1ccc(-c2ccn[nH]2)c(CO)c1.O=CO. The number of nitrogens with zero attached hydrogens (tertiary/aromatic N) is 2. The van der Waals surface area contributed by atoms with Crippen LogP contribution in [0.5, 0.6) is 0 Å². The number of aromatic nitrogens is 2. The number of rotatable bonds is 4. The zero-order valence-corrected chi connectivity index (χ0v) is 11.6. The minimum atomic E-state index is -0.250. The third-order valence-corrected chi connectivity index (χ3v) is 2.63. The highest BCUT2D eigenvalue weighted by atomic mass is 16.3. The van der Waals surface area contributed by atoms with E-state index in [1.807, 2.05) is 32.3 Å². The molecule has 3 N–H and O–H groups in total. The second kappa shape index (κ2) is 8.08. The van der Waals surface area contributed by atoms with Crippen molar-refractivity contribution >= 4 is 6.47 Å². The van der Waals surface area contributed by atoms with Crippen molar-refractivity contribution in [2.45, 2.75) is 13.2 Å². The van der Waals surface area contributed by atoms with Crippen molar-refractivity contribution in [1.29, 1.82) is 0 Å². The molecule has 0 unspecified atom stereocenters. The highest BCUT2D eigenvalue weighted by molar-refractivity contribution is 5.63. The smallest absolute Gasteiger partial charge is 0.290 e. The van der Waals surface area contributed by atoms with E-state index >= 15 is 0 Å². The Kier molecular flexibility index (Phi) is 6.42. The summed E-state index contributed by atoms with van der Waals surface area (Å²) in [6.45, 7) is 0.659. The molecule has 6 nitrogen and oxygen atoms in total. The summed E-state index contributed by atoms with van der Waals surface area (Å²) in [5, 5.41) is 23.2. The summed E-state index contributed by atoms with van der Waals surface area (Å²) in [4.78, 5) is 10.5. The number of aliphatic hydroxyl groups is 1. The number of aromatic amines is 1. The molecule has 1 heterocycles. The molecule has 0 spiro atoms. The minimum absolute atomic E-state index is 0.0373. The zero-order chi connectivity index (χ0) is 15.0. The highest BCUT2D eigenvalue weighted by Crippen LogP contribution is 2.23. The maximum atomic E-state index is 9.43. The van der Waals surface area contributed by atoms with E-state index in [0.717, 1.165) is 23.4 Å². The van der Waals surface area contributed by atoms with E-state index in [2.05, 4.69) is 21.2 Å². The van der Waals surface area contributed by atoms with Crippen molar-refractivity contribution in [2.75, 3.05) is 14.1 Å². The fourth-order valence-corrected chi connectivity index (χ4v) is 1.91. The average Bonchev–Trinajstić information content (AvgIpc) is 2.92. The molecule has 0 radical (unpaired) electrons. The van der Waals surface area contributed by atoms with Gasteiger partial charge in [0, 0.05) is 18.3 Å². The van der Waals surface area contributed by atoms with Crippen molar-refractivity contribution < 1.29 is 15.0 Å². The molecule has 0 aliphatic heterocycles. The summed E-state index contributed by atoms with van der Waals surface area (Å²) in [5.74, 6) is 0. The molecular weight excluding hydrogens is 258 g/mol. The maximum Gasteiger partial charge on any atom is 0.290 e. The molecule has 0 saturated carbocycles. The lowest BCUT2D eigenvalue weighted by atomic mass is 10.0. The van der Waals surface area contributed by atoms with E-state index in [9.17, 15) is 5.11 Å². The average molecular weight is 277 g/mol. The molecule has 0 amide bonds. The van der Waals surface area contributed by atoms with Gasteiger partial charge in [-0.05, 0) is 31.3 Å². The topological polar surface area (TPSA) is 89.5 Å². The van der Waals surface area contributed by atoms with Crippen LogP contribution in [0.25, 0.3) is 11.3 Å². The predicted octanol–water partition coefficient (Wildman–Crippen LogP) is 1.33. The Hall–Kier alpha value is -2.18. The van der Waals surface area contributed by atoms with Crippen LogP contribution in [0.3, 0.4) is 0 Å². The molecule has 1 aromatic carbocycles. The molecule has 0 aliphatic carbocycles. The molecule has 108 valence electrons. The van der Waals surface area contributed by atoms with Crippen LogP contribution in [0.4, 0.5) is 0 Å². The first-order valence-corrected chi connectivity index (χ1v) is 6.07. The second-order valence-corrected chi connectivity index (χ2v) is 4.46. The third-order valence-electron chi connectivity index (χ3n) is 2.63. The summed E-state index contributed by atoms with van der Waals surface area (Å²) in [7, 11) is 4.06. The number of hydrogen-bond acceptors (Lipinski definition) is 4. The summed E-state index contributed by atoms with van der Waals surface area (Å²) in [5.41, 5.74) is 4.06. The molecular formula is C14H19N3O3.